The molecule has 0 unspecified atom stereocenters. The number of nitrogens with one attached hydrogen (secondary N) is 1. The summed E-state index contributed by atoms with van der Waals surface area (Å²) in [4.78, 5) is 30.0. The van der Waals surface area contributed by atoms with Crippen LogP contribution < -0.4 is 30.2 Å². The third kappa shape index (κ3) is 7.21. The molecule has 0 radical (unpaired) electrons. The Morgan fingerprint density at radius 1 is 1.00 bits per heavy atom. The van der Waals surface area contributed by atoms with Crippen LogP contribution in [0.3, 0.4) is 0 Å². The van der Waals surface area contributed by atoms with Gasteiger partial charge in [-0.3, -0.25) is 14.6 Å². The molecule has 2 heterocycles. The predicted molar refractivity (Wildman–Crippen MR) is 162 cm³/mol. The minimum absolute atomic E-state index is 0.0635. The minimum Gasteiger partial charge on any atom is -0.493 e. The molecule has 0 saturated carbocycles. The van der Waals surface area contributed by atoms with Crippen molar-refractivity contribution in [2.24, 2.45) is 11.7 Å². The SMILES string of the molecule is COc1cc2c(Oc3ccc(N(CCc4ccc(C)cc4)C(=O)C(N)=O)cc3F)ccnc2cc1OCC1CCNCC1. The summed E-state index contributed by atoms with van der Waals surface area (Å²) >= 11 is 0. The first-order valence-corrected chi connectivity index (χ1v) is 14.3. The molecule has 5 rings (SSSR count). The number of nitrogens with zero attached hydrogens (tertiary/aromatic N) is 2. The van der Waals surface area contributed by atoms with Gasteiger partial charge in [0.2, 0.25) is 0 Å². The molecule has 2 amide bonds. The average Bonchev–Trinajstić information content (AvgIpc) is 3.02. The second-order valence-electron chi connectivity index (χ2n) is 10.6. The fraction of sp³-hybridized carbons (Fsp3) is 0.303. The third-order valence-electron chi connectivity index (χ3n) is 7.57. The van der Waals surface area contributed by atoms with Gasteiger partial charge < -0.3 is 30.2 Å². The first kappa shape index (κ1) is 29.8. The highest BCUT2D eigenvalue weighted by molar-refractivity contribution is 6.39. The summed E-state index contributed by atoms with van der Waals surface area (Å²) in [5, 5.41) is 3.97. The molecule has 43 heavy (non-hydrogen) atoms. The number of halogens is 1. The van der Waals surface area contributed by atoms with Gasteiger partial charge in [-0.2, -0.15) is 0 Å². The number of pyridine rings is 1. The van der Waals surface area contributed by atoms with E-state index in [0.717, 1.165) is 43.1 Å². The molecule has 1 aliphatic heterocycles. The van der Waals surface area contributed by atoms with Crippen LogP contribution in [0.5, 0.6) is 23.0 Å². The molecule has 1 aliphatic rings. The molecule has 3 N–H and O–H groups in total. The van der Waals surface area contributed by atoms with Crippen LogP contribution in [0.25, 0.3) is 10.9 Å². The lowest BCUT2D eigenvalue weighted by Crippen LogP contribution is -2.41. The lowest BCUT2D eigenvalue weighted by atomic mass is 9.99. The summed E-state index contributed by atoms with van der Waals surface area (Å²) in [6.07, 6.45) is 4.13. The van der Waals surface area contributed by atoms with E-state index in [1.165, 1.54) is 17.0 Å². The molecule has 0 atom stereocenters. The van der Waals surface area contributed by atoms with Crippen LogP contribution in [-0.4, -0.2) is 50.1 Å². The normalized spacial score (nSPS) is 13.5. The lowest BCUT2D eigenvalue weighted by Gasteiger charge is -2.23. The fourth-order valence-corrected chi connectivity index (χ4v) is 5.08. The zero-order chi connectivity index (χ0) is 30.3. The number of ether oxygens (including phenoxy) is 3. The van der Waals surface area contributed by atoms with Crippen molar-refractivity contribution in [3.63, 3.8) is 0 Å². The van der Waals surface area contributed by atoms with Gasteiger partial charge in [-0.1, -0.05) is 29.8 Å². The number of carbonyl (C=O) groups excluding carboxylic acids is 2. The quantitative estimate of drug-likeness (QED) is 0.253. The van der Waals surface area contributed by atoms with Gasteiger partial charge in [0.1, 0.15) is 5.75 Å². The van der Waals surface area contributed by atoms with Crippen molar-refractivity contribution in [3.8, 4) is 23.0 Å². The zero-order valence-corrected chi connectivity index (χ0v) is 24.3. The van der Waals surface area contributed by atoms with Crippen molar-refractivity contribution in [1.82, 2.24) is 10.3 Å². The Balaban J connectivity index is 1.36. The molecule has 1 aromatic heterocycles. The highest BCUT2D eigenvalue weighted by Crippen LogP contribution is 2.38. The number of aryl methyl sites for hydroxylation is 1. The first-order chi connectivity index (χ1) is 20.8. The number of anilines is 1. The van der Waals surface area contributed by atoms with Gasteiger partial charge in [0.05, 0.1) is 19.2 Å². The van der Waals surface area contributed by atoms with E-state index < -0.39 is 17.6 Å². The van der Waals surface area contributed by atoms with Gasteiger partial charge in [-0.25, -0.2) is 4.39 Å². The molecule has 4 aromatic rings. The van der Waals surface area contributed by atoms with E-state index in [1.807, 2.05) is 31.2 Å². The van der Waals surface area contributed by atoms with Crippen LogP contribution in [0, 0.1) is 18.7 Å². The maximum absolute atomic E-state index is 15.4. The second kappa shape index (κ2) is 13.5. The number of piperidine rings is 1. The predicted octanol–water partition coefficient (Wildman–Crippen LogP) is 4.92. The number of hydrogen-bond acceptors (Lipinski definition) is 7. The second-order valence-corrected chi connectivity index (χ2v) is 10.6. The molecule has 0 bridgehead atoms. The summed E-state index contributed by atoms with van der Waals surface area (Å²) in [5.41, 5.74) is 8.17. The van der Waals surface area contributed by atoms with Gasteiger partial charge in [0.15, 0.2) is 23.1 Å². The van der Waals surface area contributed by atoms with Crippen molar-refractivity contribution >= 4 is 28.4 Å². The van der Waals surface area contributed by atoms with Gasteiger partial charge in [0, 0.05) is 35.9 Å². The summed E-state index contributed by atoms with van der Waals surface area (Å²) < 4.78 is 33.1. The lowest BCUT2D eigenvalue weighted by molar-refractivity contribution is -0.135. The minimum atomic E-state index is -1.12. The number of rotatable bonds is 10. The maximum atomic E-state index is 15.4. The van der Waals surface area contributed by atoms with E-state index in [-0.39, 0.29) is 18.0 Å². The van der Waals surface area contributed by atoms with E-state index in [2.05, 4.69) is 10.3 Å². The summed E-state index contributed by atoms with van der Waals surface area (Å²) in [6, 6.07) is 17.1. The molecule has 0 spiro atoms. The Kier molecular flexibility index (Phi) is 9.36. The van der Waals surface area contributed by atoms with Gasteiger partial charge in [-0.05, 0) is 75.0 Å². The van der Waals surface area contributed by atoms with E-state index in [9.17, 15) is 9.59 Å². The molecule has 3 aromatic carbocycles. The van der Waals surface area contributed by atoms with E-state index in [1.54, 1.807) is 31.5 Å². The van der Waals surface area contributed by atoms with Gasteiger partial charge in [0.25, 0.3) is 0 Å². The molecule has 9 nitrogen and oxygen atoms in total. The van der Waals surface area contributed by atoms with Crippen LogP contribution in [0.2, 0.25) is 0 Å². The average molecular weight is 587 g/mol. The van der Waals surface area contributed by atoms with Crippen LogP contribution in [0.1, 0.15) is 24.0 Å². The third-order valence-corrected chi connectivity index (χ3v) is 7.57. The summed E-state index contributed by atoms with van der Waals surface area (Å²) in [7, 11) is 1.56. The number of carbonyl (C=O) groups is 2. The van der Waals surface area contributed by atoms with Crippen molar-refractivity contribution < 1.29 is 28.2 Å². The maximum Gasteiger partial charge on any atom is 0.316 e. The van der Waals surface area contributed by atoms with Gasteiger partial charge in [-0.15, -0.1) is 0 Å². The molecular formula is C33H35FN4O5. The number of benzene rings is 3. The summed E-state index contributed by atoms with van der Waals surface area (Å²) in [6.45, 7) is 4.66. The summed E-state index contributed by atoms with van der Waals surface area (Å²) in [5.74, 6) is -0.897. The van der Waals surface area contributed by atoms with Crippen LogP contribution >= 0.6 is 0 Å². The van der Waals surface area contributed by atoms with Crippen LogP contribution in [0.15, 0.2) is 66.9 Å². The van der Waals surface area contributed by atoms with Gasteiger partial charge >= 0.3 is 11.8 Å². The molecular weight excluding hydrogens is 551 g/mol. The number of aromatic nitrogens is 1. The smallest absolute Gasteiger partial charge is 0.316 e. The Morgan fingerprint density at radius 3 is 2.47 bits per heavy atom. The Hall–Kier alpha value is -4.70. The number of hydrogen-bond donors (Lipinski definition) is 2. The first-order valence-electron chi connectivity index (χ1n) is 14.3. The molecule has 1 saturated heterocycles. The Bertz CT molecular complexity index is 1610. The van der Waals surface area contributed by atoms with Crippen LogP contribution in [-0.2, 0) is 16.0 Å². The number of amides is 2. The number of primary amides is 1. The van der Waals surface area contributed by atoms with Crippen LogP contribution in [0.4, 0.5) is 10.1 Å². The van der Waals surface area contributed by atoms with E-state index in [4.69, 9.17) is 19.9 Å². The van der Waals surface area contributed by atoms with E-state index >= 15 is 4.39 Å². The highest BCUT2D eigenvalue weighted by Gasteiger charge is 2.23. The Morgan fingerprint density at radius 2 is 1.77 bits per heavy atom. The van der Waals surface area contributed by atoms with Crippen molar-refractivity contribution in [2.45, 2.75) is 26.2 Å². The number of methoxy groups -OCH3 is 1. The molecule has 1 fully saturated rings. The number of nitrogens with two attached hydrogens (primary N) is 1. The molecule has 0 aliphatic carbocycles. The highest BCUT2D eigenvalue weighted by atomic mass is 19.1. The fourth-order valence-electron chi connectivity index (χ4n) is 5.08. The largest absolute Gasteiger partial charge is 0.493 e. The van der Waals surface area contributed by atoms with Crippen molar-refractivity contribution in [1.29, 1.82) is 0 Å². The molecule has 224 valence electrons. The molecule has 10 heteroatoms. The monoisotopic (exact) mass is 586 g/mol. The topological polar surface area (TPSA) is 116 Å². The zero-order valence-electron chi connectivity index (χ0n) is 24.3. The van der Waals surface area contributed by atoms with E-state index in [0.29, 0.717) is 47.1 Å². The van der Waals surface area contributed by atoms with Crippen molar-refractivity contribution in [2.75, 3.05) is 38.3 Å². The standard InChI is InChI=1S/C33H35FN4O5/c1-21-3-5-22(6-4-21)12-16-38(33(40)32(35)39)24-7-8-29(26(34)17-24)43-28-11-15-37-27-19-31(30(41-2)18-25(27)28)42-20-23-9-13-36-14-10-23/h3-8,11,15,17-19,23,36H,9-10,12-14,16,20H2,1-2H3,(H2,35,39). The number of fused-ring (bicyclic) bond motifs is 1. The van der Waals surface area contributed by atoms with Crippen molar-refractivity contribution in [3.05, 3.63) is 83.8 Å². The Labute approximate surface area is 249 Å².